The number of aliphatic imine (C=N–C) groups is 2. The van der Waals surface area contributed by atoms with Crippen LogP contribution >= 0.6 is 11.8 Å². The van der Waals surface area contributed by atoms with Crippen LogP contribution in [0.5, 0.6) is 0 Å². The minimum absolute atomic E-state index is 0.116. The van der Waals surface area contributed by atoms with Gasteiger partial charge in [0.1, 0.15) is 22.8 Å². The van der Waals surface area contributed by atoms with Crippen molar-refractivity contribution in [3.05, 3.63) is 65.5 Å². The SMILES string of the molecule is CCC1SC(c2cccnc2)=NC1N1CCC2=NC(c3c(F)cccc3F)CC2C1. The predicted octanol–water partition coefficient (Wildman–Crippen LogP) is 4.87. The maximum absolute atomic E-state index is 14.3. The number of piperidine rings is 1. The number of thioether (sulfide) groups is 1. The topological polar surface area (TPSA) is 40.9 Å². The van der Waals surface area contributed by atoms with Gasteiger partial charge in [0.15, 0.2) is 0 Å². The summed E-state index contributed by atoms with van der Waals surface area (Å²) >= 11 is 1.83. The molecule has 4 unspecified atom stereocenters. The van der Waals surface area contributed by atoms with Crippen molar-refractivity contribution in [1.82, 2.24) is 9.88 Å². The standard InChI is InChI=1S/C23H24F2N4S/c1-2-20-22(28-23(30-20)14-5-4-9-26-12-14)29-10-8-18-15(13-29)11-19(27-18)21-16(24)6-3-7-17(21)25/h3-7,9,12,15,19-20,22H,2,8,10-11,13H2,1H3. The van der Waals surface area contributed by atoms with Gasteiger partial charge >= 0.3 is 0 Å². The van der Waals surface area contributed by atoms with E-state index in [1.54, 1.807) is 6.20 Å². The van der Waals surface area contributed by atoms with Crippen LogP contribution in [0, 0.1) is 17.6 Å². The summed E-state index contributed by atoms with van der Waals surface area (Å²) < 4.78 is 28.5. The van der Waals surface area contributed by atoms with E-state index in [4.69, 9.17) is 9.98 Å². The first-order valence-corrected chi connectivity index (χ1v) is 11.4. The first-order valence-electron chi connectivity index (χ1n) is 10.5. The molecule has 0 N–H and O–H groups in total. The summed E-state index contributed by atoms with van der Waals surface area (Å²) in [6, 6.07) is 7.63. The van der Waals surface area contributed by atoms with E-state index >= 15 is 0 Å². The first kappa shape index (κ1) is 19.8. The zero-order chi connectivity index (χ0) is 20.7. The Bertz CT molecular complexity index is 974. The highest BCUT2D eigenvalue weighted by atomic mass is 32.2. The number of rotatable bonds is 4. The molecule has 3 aliphatic rings. The normalized spacial score (nSPS) is 28.9. The molecular weight excluding hydrogens is 402 g/mol. The molecule has 0 aliphatic carbocycles. The molecule has 156 valence electrons. The highest BCUT2D eigenvalue weighted by molar-refractivity contribution is 8.15. The molecule has 1 aromatic carbocycles. The lowest BCUT2D eigenvalue weighted by atomic mass is 9.91. The van der Waals surface area contributed by atoms with Gasteiger partial charge in [-0.3, -0.25) is 19.9 Å². The lowest BCUT2D eigenvalue weighted by Gasteiger charge is -2.36. The van der Waals surface area contributed by atoms with Crippen LogP contribution in [0.4, 0.5) is 8.78 Å². The number of aromatic nitrogens is 1. The Morgan fingerprint density at radius 3 is 2.70 bits per heavy atom. The molecule has 5 rings (SSSR count). The Morgan fingerprint density at radius 2 is 1.97 bits per heavy atom. The molecule has 1 aromatic heterocycles. The molecule has 0 amide bonds. The van der Waals surface area contributed by atoms with Crippen LogP contribution in [0.1, 0.15) is 43.4 Å². The van der Waals surface area contributed by atoms with E-state index in [0.717, 1.165) is 42.3 Å². The van der Waals surface area contributed by atoms with Gasteiger partial charge in [0.05, 0.1) is 6.04 Å². The fourth-order valence-corrected chi connectivity index (χ4v) is 6.01. The number of fused-ring (bicyclic) bond motifs is 1. The summed E-state index contributed by atoms with van der Waals surface area (Å²) in [6.07, 6.45) is 6.31. The molecule has 0 bridgehead atoms. The fraction of sp³-hybridized carbons (Fsp3) is 0.435. The third-order valence-corrected chi connectivity index (χ3v) is 7.72. The van der Waals surface area contributed by atoms with Crippen LogP contribution in [-0.4, -0.2) is 45.1 Å². The van der Waals surface area contributed by atoms with Gasteiger partial charge in [-0.2, -0.15) is 0 Å². The lowest BCUT2D eigenvalue weighted by molar-refractivity contribution is 0.173. The van der Waals surface area contributed by atoms with Gasteiger partial charge in [-0.15, -0.1) is 0 Å². The molecule has 4 nitrogen and oxygen atoms in total. The average Bonchev–Trinajstić information content (AvgIpc) is 3.38. The van der Waals surface area contributed by atoms with Crippen molar-refractivity contribution in [2.45, 2.75) is 43.6 Å². The Morgan fingerprint density at radius 1 is 1.13 bits per heavy atom. The number of halogens is 2. The fourth-order valence-electron chi connectivity index (χ4n) is 4.78. The van der Waals surface area contributed by atoms with E-state index in [1.165, 1.54) is 18.2 Å². The summed E-state index contributed by atoms with van der Waals surface area (Å²) in [6.45, 7) is 3.93. The largest absolute Gasteiger partial charge is 0.285 e. The number of likely N-dealkylation sites (tertiary alicyclic amines) is 1. The van der Waals surface area contributed by atoms with E-state index in [1.807, 2.05) is 24.0 Å². The summed E-state index contributed by atoms with van der Waals surface area (Å²) in [4.78, 5) is 16.5. The number of nitrogens with zero attached hydrogens (tertiary/aromatic N) is 4. The minimum atomic E-state index is -0.496. The van der Waals surface area contributed by atoms with Gasteiger partial charge in [-0.05, 0) is 43.5 Å². The van der Waals surface area contributed by atoms with E-state index < -0.39 is 17.7 Å². The van der Waals surface area contributed by atoms with Gasteiger partial charge in [-0.25, -0.2) is 8.78 Å². The molecule has 0 spiro atoms. The van der Waals surface area contributed by atoms with Crippen LogP contribution in [0.3, 0.4) is 0 Å². The van der Waals surface area contributed by atoms with Gasteiger partial charge in [-0.1, -0.05) is 24.8 Å². The zero-order valence-electron chi connectivity index (χ0n) is 16.8. The number of hydrogen-bond acceptors (Lipinski definition) is 5. The predicted molar refractivity (Wildman–Crippen MR) is 117 cm³/mol. The molecule has 0 radical (unpaired) electrons. The molecule has 3 aliphatic heterocycles. The second-order valence-corrected chi connectivity index (χ2v) is 9.33. The maximum atomic E-state index is 14.3. The minimum Gasteiger partial charge on any atom is -0.285 e. The van der Waals surface area contributed by atoms with Crippen molar-refractivity contribution in [3.8, 4) is 0 Å². The van der Waals surface area contributed by atoms with Crippen molar-refractivity contribution in [2.75, 3.05) is 13.1 Å². The Labute approximate surface area is 179 Å². The molecule has 1 fully saturated rings. The third kappa shape index (κ3) is 3.58. The second-order valence-electron chi connectivity index (χ2n) is 8.10. The number of pyridine rings is 1. The van der Waals surface area contributed by atoms with E-state index in [9.17, 15) is 8.78 Å². The number of hydrogen-bond donors (Lipinski definition) is 0. The summed E-state index contributed by atoms with van der Waals surface area (Å²) in [5.74, 6) is -0.754. The molecule has 7 heteroatoms. The van der Waals surface area contributed by atoms with Crippen molar-refractivity contribution in [1.29, 1.82) is 0 Å². The Kier molecular flexibility index (Phi) is 5.41. The quantitative estimate of drug-likeness (QED) is 0.701. The van der Waals surface area contributed by atoms with E-state index in [0.29, 0.717) is 11.7 Å². The van der Waals surface area contributed by atoms with Crippen LogP contribution in [-0.2, 0) is 0 Å². The number of benzene rings is 1. The van der Waals surface area contributed by atoms with E-state index in [-0.39, 0.29) is 17.6 Å². The summed E-state index contributed by atoms with van der Waals surface area (Å²) in [5.41, 5.74) is 2.29. The van der Waals surface area contributed by atoms with Crippen LogP contribution in [0.25, 0.3) is 0 Å². The zero-order valence-corrected chi connectivity index (χ0v) is 17.7. The molecular formula is C23H24F2N4S. The summed E-state index contributed by atoms with van der Waals surface area (Å²) in [7, 11) is 0. The molecule has 0 saturated carbocycles. The average molecular weight is 427 g/mol. The van der Waals surface area contributed by atoms with Gasteiger partial charge in [0, 0.05) is 53.5 Å². The maximum Gasteiger partial charge on any atom is 0.131 e. The Hall–Kier alpha value is -2.12. The smallest absolute Gasteiger partial charge is 0.131 e. The molecule has 1 saturated heterocycles. The Balaban J connectivity index is 1.34. The highest BCUT2D eigenvalue weighted by Gasteiger charge is 2.41. The highest BCUT2D eigenvalue weighted by Crippen LogP contribution is 2.41. The molecule has 2 aromatic rings. The van der Waals surface area contributed by atoms with Gasteiger partial charge in [0.25, 0.3) is 0 Å². The van der Waals surface area contributed by atoms with Crippen molar-refractivity contribution in [2.24, 2.45) is 15.9 Å². The van der Waals surface area contributed by atoms with Crippen molar-refractivity contribution >= 4 is 22.5 Å². The van der Waals surface area contributed by atoms with Crippen LogP contribution < -0.4 is 0 Å². The van der Waals surface area contributed by atoms with Crippen molar-refractivity contribution < 1.29 is 8.78 Å². The molecule has 30 heavy (non-hydrogen) atoms. The van der Waals surface area contributed by atoms with Gasteiger partial charge in [0.2, 0.25) is 0 Å². The van der Waals surface area contributed by atoms with Gasteiger partial charge < -0.3 is 0 Å². The monoisotopic (exact) mass is 426 g/mol. The second kappa shape index (κ2) is 8.19. The van der Waals surface area contributed by atoms with Crippen molar-refractivity contribution in [3.63, 3.8) is 0 Å². The van der Waals surface area contributed by atoms with Crippen LogP contribution in [0.15, 0.2) is 52.7 Å². The third-order valence-electron chi connectivity index (χ3n) is 6.27. The molecule has 4 heterocycles. The van der Waals surface area contributed by atoms with E-state index in [2.05, 4.69) is 22.9 Å². The summed E-state index contributed by atoms with van der Waals surface area (Å²) in [5, 5.41) is 1.46. The first-order chi connectivity index (χ1) is 14.6. The lowest BCUT2D eigenvalue weighted by Crippen LogP contribution is -2.47. The molecule has 4 atom stereocenters. The van der Waals surface area contributed by atoms with Crippen LogP contribution in [0.2, 0.25) is 0 Å².